The van der Waals surface area contributed by atoms with Crippen LogP contribution in [0.1, 0.15) is 5.69 Å². The molecule has 11 heteroatoms. The summed E-state index contributed by atoms with van der Waals surface area (Å²) in [5.74, 6) is 0. The second-order valence-corrected chi connectivity index (χ2v) is 5.39. The topological polar surface area (TPSA) is 119 Å². The third-order valence-corrected chi connectivity index (χ3v) is 3.67. The van der Waals surface area contributed by atoms with Gasteiger partial charge in [0.25, 0.3) is 11.2 Å². The minimum Gasteiger partial charge on any atom is -0.293 e. The minimum atomic E-state index is -0.500. The van der Waals surface area contributed by atoms with E-state index >= 15 is 0 Å². The largest absolute Gasteiger partial charge is 0.299 e. The van der Waals surface area contributed by atoms with Crippen LogP contribution in [0.5, 0.6) is 0 Å². The van der Waals surface area contributed by atoms with Crippen molar-refractivity contribution in [2.24, 2.45) is 10.2 Å². The number of aromatic amines is 1. The Morgan fingerprint density at radius 3 is 2.58 bits per heavy atom. The molecule has 0 radical (unpaired) electrons. The lowest BCUT2D eigenvalue weighted by atomic mass is 10.3. The number of thiazole rings is 1. The first kappa shape index (κ1) is 17.5. The zero-order valence-electron chi connectivity index (χ0n) is 12.2. The van der Waals surface area contributed by atoms with Gasteiger partial charge in [0.1, 0.15) is 0 Å². The average Bonchev–Trinajstić information content (AvgIpc) is 3.14. The summed E-state index contributed by atoms with van der Waals surface area (Å²) in [7, 11) is 0. The number of halogens is 1. The number of H-pyrrole nitrogens is 1. The lowest BCUT2D eigenvalue weighted by Crippen LogP contribution is -2.13. The van der Waals surface area contributed by atoms with E-state index in [0.29, 0.717) is 16.5 Å². The van der Waals surface area contributed by atoms with E-state index in [1.54, 1.807) is 18.5 Å². The summed E-state index contributed by atoms with van der Waals surface area (Å²) >= 11 is 1.31. The van der Waals surface area contributed by atoms with E-state index in [0.717, 1.165) is 0 Å². The monoisotopic (exact) mass is 366 g/mol. The number of nitrogens with zero attached hydrogens (tertiary/aromatic N) is 5. The molecule has 1 N–H and O–H groups in total. The summed E-state index contributed by atoms with van der Waals surface area (Å²) in [6.45, 7) is 1.69. The summed E-state index contributed by atoms with van der Waals surface area (Å²) in [4.78, 5) is 26.5. The van der Waals surface area contributed by atoms with E-state index < -0.39 is 10.5 Å². The number of aryl methyl sites for hydroxylation is 1. The number of hydrogen-bond donors (Lipinski definition) is 1. The molecule has 24 heavy (non-hydrogen) atoms. The van der Waals surface area contributed by atoms with Crippen LogP contribution in [-0.2, 0) is 0 Å². The summed E-state index contributed by atoms with van der Waals surface area (Å²) in [5, 5.41) is 23.6. The van der Waals surface area contributed by atoms with E-state index in [2.05, 4.69) is 20.3 Å². The second kappa shape index (κ2) is 7.15. The van der Waals surface area contributed by atoms with Gasteiger partial charge in [-0.15, -0.1) is 34.0 Å². The zero-order chi connectivity index (χ0) is 16.4. The molecule has 0 bridgehead atoms. The Hall–Kier alpha value is -2.85. The standard InChI is InChI=1S/C13H10N6O3S.ClH/c1-8-11(15-16-13-14-6-7-23-13)12(20)18(17-8)9-2-4-10(5-3-9)19(21)22;/h2-7,17H,1H3;1H. The summed E-state index contributed by atoms with van der Waals surface area (Å²) < 4.78 is 1.26. The molecule has 124 valence electrons. The number of non-ortho nitro benzene ring substituents is 1. The molecule has 1 aromatic carbocycles. The molecule has 0 aliphatic carbocycles. The maximum absolute atomic E-state index is 12.4. The number of nitro groups is 1. The number of benzene rings is 1. The van der Waals surface area contributed by atoms with Crippen molar-refractivity contribution in [1.82, 2.24) is 14.8 Å². The van der Waals surface area contributed by atoms with Crippen LogP contribution in [0.4, 0.5) is 16.5 Å². The van der Waals surface area contributed by atoms with Crippen LogP contribution in [-0.4, -0.2) is 19.7 Å². The van der Waals surface area contributed by atoms with Gasteiger partial charge < -0.3 is 0 Å². The van der Waals surface area contributed by atoms with Gasteiger partial charge in [0.15, 0.2) is 5.69 Å². The highest BCUT2D eigenvalue weighted by molar-refractivity contribution is 7.13. The molecule has 0 spiro atoms. The van der Waals surface area contributed by atoms with Gasteiger partial charge in [-0.05, 0) is 19.1 Å². The van der Waals surface area contributed by atoms with Gasteiger partial charge in [0, 0.05) is 23.7 Å². The van der Waals surface area contributed by atoms with E-state index in [4.69, 9.17) is 0 Å². The molecular weight excluding hydrogens is 356 g/mol. The molecule has 0 aliphatic heterocycles. The molecule has 3 rings (SSSR count). The van der Waals surface area contributed by atoms with Crippen LogP contribution in [0.2, 0.25) is 0 Å². The van der Waals surface area contributed by atoms with Crippen molar-refractivity contribution in [2.45, 2.75) is 6.92 Å². The van der Waals surface area contributed by atoms with Crippen LogP contribution >= 0.6 is 23.7 Å². The van der Waals surface area contributed by atoms with E-state index in [-0.39, 0.29) is 23.8 Å². The van der Waals surface area contributed by atoms with Crippen molar-refractivity contribution in [3.8, 4) is 5.69 Å². The van der Waals surface area contributed by atoms with Crippen LogP contribution in [0.15, 0.2) is 50.9 Å². The van der Waals surface area contributed by atoms with Crippen LogP contribution in [0.25, 0.3) is 5.69 Å². The fourth-order valence-corrected chi connectivity index (χ4v) is 2.37. The smallest absolute Gasteiger partial charge is 0.293 e. The number of hydrogen-bond acceptors (Lipinski definition) is 7. The predicted molar refractivity (Wildman–Crippen MR) is 91.3 cm³/mol. The van der Waals surface area contributed by atoms with Crippen LogP contribution in [0.3, 0.4) is 0 Å². The molecule has 9 nitrogen and oxygen atoms in total. The van der Waals surface area contributed by atoms with Crippen LogP contribution < -0.4 is 5.56 Å². The van der Waals surface area contributed by atoms with Gasteiger partial charge in [0.05, 0.1) is 16.3 Å². The molecule has 0 amide bonds. The molecule has 2 heterocycles. The summed E-state index contributed by atoms with van der Waals surface area (Å²) in [6.07, 6.45) is 1.60. The summed E-state index contributed by atoms with van der Waals surface area (Å²) in [5.41, 5.74) is 0.733. The first-order chi connectivity index (χ1) is 11.1. The Kier molecular flexibility index (Phi) is 5.21. The normalized spacial score (nSPS) is 10.7. The first-order valence-electron chi connectivity index (χ1n) is 6.44. The first-order valence-corrected chi connectivity index (χ1v) is 7.32. The van der Waals surface area contributed by atoms with Crippen molar-refractivity contribution in [3.05, 3.63) is 62.0 Å². The van der Waals surface area contributed by atoms with Crippen molar-refractivity contribution < 1.29 is 4.92 Å². The SMILES string of the molecule is Cc1[nH]n(-c2ccc([N+](=O)[O-])cc2)c(=O)c1N=Nc1nccs1.Cl. The molecule has 0 saturated heterocycles. The number of nitro benzene ring substituents is 1. The molecule has 0 fully saturated rings. The van der Waals surface area contributed by atoms with Gasteiger partial charge in [-0.25, -0.2) is 9.67 Å². The Labute approximate surface area is 145 Å². The average molecular weight is 367 g/mol. The fourth-order valence-electron chi connectivity index (χ4n) is 1.92. The van der Waals surface area contributed by atoms with Crippen molar-refractivity contribution in [2.75, 3.05) is 0 Å². The Morgan fingerprint density at radius 2 is 2.00 bits per heavy atom. The number of azo groups is 1. The lowest BCUT2D eigenvalue weighted by Gasteiger charge is -2.00. The molecule has 0 unspecified atom stereocenters. The van der Waals surface area contributed by atoms with Gasteiger partial charge >= 0.3 is 0 Å². The summed E-state index contributed by atoms with van der Waals surface area (Å²) in [6, 6.07) is 5.62. The molecule has 3 aromatic rings. The van der Waals surface area contributed by atoms with Gasteiger partial charge in [-0.1, -0.05) is 0 Å². The van der Waals surface area contributed by atoms with Gasteiger partial charge in [-0.3, -0.25) is 20.0 Å². The molecular formula is C13H11ClN6O3S. The molecule has 2 aromatic heterocycles. The Morgan fingerprint density at radius 1 is 1.29 bits per heavy atom. The molecule has 0 saturated carbocycles. The third kappa shape index (κ3) is 3.39. The molecule has 0 aliphatic rings. The van der Waals surface area contributed by atoms with Crippen LogP contribution in [0, 0.1) is 17.0 Å². The van der Waals surface area contributed by atoms with Gasteiger partial charge in [0.2, 0.25) is 5.13 Å². The molecule has 0 atom stereocenters. The highest BCUT2D eigenvalue weighted by Crippen LogP contribution is 2.21. The maximum Gasteiger partial charge on any atom is 0.299 e. The zero-order valence-corrected chi connectivity index (χ0v) is 13.9. The number of rotatable bonds is 4. The van der Waals surface area contributed by atoms with E-state index in [1.165, 1.54) is 40.3 Å². The lowest BCUT2D eigenvalue weighted by molar-refractivity contribution is -0.384. The van der Waals surface area contributed by atoms with E-state index in [1.807, 2.05) is 0 Å². The van der Waals surface area contributed by atoms with Crippen molar-refractivity contribution in [3.63, 3.8) is 0 Å². The minimum absolute atomic E-state index is 0. The highest BCUT2D eigenvalue weighted by Gasteiger charge is 2.13. The third-order valence-electron chi connectivity index (χ3n) is 3.01. The second-order valence-electron chi connectivity index (χ2n) is 4.51. The Bertz CT molecular complexity index is 930. The quantitative estimate of drug-likeness (QED) is 0.430. The van der Waals surface area contributed by atoms with E-state index in [9.17, 15) is 14.9 Å². The maximum atomic E-state index is 12.4. The van der Waals surface area contributed by atoms with Crippen molar-refractivity contribution >= 4 is 40.3 Å². The number of nitrogens with one attached hydrogen (secondary N) is 1. The predicted octanol–water partition coefficient (Wildman–Crippen LogP) is 3.68. The highest BCUT2D eigenvalue weighted by atomic mass is 35.5. The van der Waals surface area contributed by atoms with Crippen molar-refractivity contribution in [1.29, 1.82) is 0 Å². The Balaban J connectivity index is 0.00000208. The fraction of sp³-hybridized carbons (Fsp3) is 0.0769. The number of aromatic nitrogens is 3. The van der Waals surface area contributed by atoms with Gasteiger partial charge in [-0.2, -0.15) is 0 Å².